The SMILES string of the molecule is CC(C)c1c[c]c(F)c(C(C)C)c1C(F)(F)F. The normalized spacial score (nSPS) is 12.6. The van der Waals surface area contributed by atoms with Crippen LogP contribution < -0.4 is 0 Å². The van der Waals surface area contributed by atoms with Gasteiger partial charge in [0.05, 0.1) is 5.56 Å². The van der Waals surface area contributed by atoms with Gasteiger partial charge in [0.25, 0.3) is 0 Å². The first-order chi connectivity index (χ1) is 7.66. The Balaban J connectivity index is 3.62. The minimum absolute atomic E-state index is 0.0996. The number of hydrogen-bond donors (Lipinski definition) is 0. The van der Waals surface area contributed by atoms with Crippen LogP contribution >= 0.6 is 0 Å². The minimum Gasteiger partial charge on any atom is -0.206 e. The summed E-state index contributed by atoms with van der Waals surface area (Å²) in [5.74, 6) is -1.75. The molecule has 0 saturated heterocycles. The molecule has 0 N–H and O–H groups in total. The van der Waals surface area contributed by atoms with Gasteiger partial charge in [0.2, 0.25) is 0 Å². The van der Waals surface area contributed by atoms with Gasteiger partial charge >= 0.3 is 6.18 Å². The Bertz CT molecular complexity index is 403. The van der Waals surface area contributed by atoms with Crippen LogP contribution in [0.1, 0.15) is 56.2 Å². The first-order valence-corrected chi connectivity index (χ1v) is 5.47. The lowest BCUT2D eigenvalue weighted by Crippen LogP contribution is -2.16. The second-order valence-electron chi connectivity index (χ2n) is 4.65. The average molecular weight is 247 g/mol. The van der Waals surface area contributed by atoms with Gasteiger partial charge < -0.3 is 0 Å². The van der Waals surface area contributed by atoms with Crippen LogP contribution in [0.5, 0.6) is 0 Å². The molecule has 0 nitrogen and oxygen atoms in total. The maximum Gasteiger partial charge on any atom is 0.417 e. The summed E-state index contributed by atoms with van der Waals surface area (Å²) in [4.78, 5) is 0. The third-order valence-electron chi connectivity index (χ3n) is 2.63. The monoisotopic (exact) mass is 247 g/mol. The largest absolute Gasteiger partial charge is 0.417 e. The zero-order chi connectivity index (χ0) is 13.4. The van der Waals surface area contributed by atoms with Crippen molar-refractivity contribution in [1.29, 1.82) is 0 Å². The van der Waals surface area contributed by atoms with Crippen molar-refractivity contribution in [3.8, 4) is 0 Å². The van der Waals surface area contributed by atoms with Crippen molar-refractivity contribution < 1.29 is 17.6 Å². The molecule has 1 aromatic carbocycles. The maximum atomic E-state index is 13.5. The van der Waals surface area contributed by atoms with Crippen molar-refractivity contribution in [1.82, 2.24) is 0 Å². The van der Waals surface area contributed by atoms with Crippen molar-refractivity contribution in [3.05, 3.63) is 34.6 Å². The molecule has 0 aromatic heterocycles. The molecule has 95 valence electrons. The smallest absolute Gasteiger partial charge is 0.206 e. The van der Waals surface area contributed by atoms with Gasteiger partial charge in [-0.05, 0) is 23.5 Å². The van der Waals surface area contributed by atoms with Crippen LogP contribution in [-0.2, 0) is 6.18 Å². The lowest BCUT2D eigenvalue weighted by molar-refractivity contribution is -0.139. The molecule has 0 atom stereocenters. The second-order valence-corrected chi connectivity index (χ2v) is 4.65. The van der Waals surface area contributed by atoms with E-state index in [-0.39, 0.29) is 17.0 Å². The topological polar surface area (TPSA) is 0 Å². The molecule has 0 fully saturated rings. The molecule has 4 heteroatoms. The van der Waals surface area contributed by atoms with Crippen LogP contribution in [-0.4, -0.2) is 0 Å². The van der Waals surface area contributed by atoms with E-state index in [4.69, 9.17) is 0 Å². The molecule has 0 aliphatic carbocycles. The van der Waals surface area contributed by atoms with E-state index in [1.807, 2.05) is 0 Å². The number of benzene rings is 1. The fourth-order valence-corrected chi connectivity index (χ4v) is 1.87. The lowest BCUT2D eigenvalue weighted by Gasteiger charge is -2.21. The van der Waals surface area contributed by atoms with Crippen molar-refractivity contribution in [2.75, 3.05) is 0 Å². The van der Waals surface area contributed by atoms with Crippen LogP contribution in [0.15, 0.2) is 6.07 Å². The Morgan fingerprint density at radius 1 is 1.06 bits per heavy atom. The number of rotatable bonds is 2. The van der Waals surface area contributed by atoms with Gasteiger partial charge in [-0.2, -0.15) is 13.2 Å². The first kappa shape index (κ1) is 14.0. The fraction of sp³-hybridized carbons (Fsp3) is 0.538. The molecular weight excluding hydrogens is 232 g/mol. The average Bonchev–Trinajstić information content (AvgIpc) is 2.14. The summed E-state index contributed by atoms with van der Waals surface area (Å²) >= 11 is 0. The molecular formula is C13H15F4. The Labute approximate surface area is 98.6 Å². The molecule has 1 aromatic rings. The second kappa shape index (κ2) is 4.67. The Hall–Kier alpha value is -1.06. The highest BCUT2D eigenvalue weighted by Crippen LogP contribution is 2.41. The summed E-state index contributed by atoms with van der Waals surface area (Å²) in [6, 6.07) is 3.38. The number of alkyl halides is 3. The van der Waals surface area contributed by atoms with Gasteiger partial charge in [-0.1, -0.05) is 27.7 Å². The van der Waals surface area contributed by atoms with Crippen molar-refractivity contribution >= 4 is 0 Å². The molecule has 0 spiro atoms. The third kappa shape index (κ3) is 2.79. The predicted octanol–water partition coefficient (Wildman–Crippen LogP) is 4.89. The van der Waals surface area contributed by atoms with Gasteiger partial charge in [0.1, 0.15) is 5.82 Å². The molecule has 0 amide bonds. The Morgan fingerprint density at radius 2 is 1.59 bits per heavy atom. The summed E-state index contributed by atoms with van der Waals surface area (Å²) in [7, 11) is 0. The Kier molecular flexibility index (Phi) is 3.84. The molecule has 17 heavy (non-hydrogen) atoms. The molecule has 0 aliphatic rings. The summed E-state index contributed by atoms with van der Waals surface area (Å²) in [6.07, 6.45) is -4.53. The molecule has 0 heterocycles. The molecule has 0 saturated carbocycles. The van der Waals surface area contributed by atoms with Crippen LogP contribution in [0.3, 0.4) is 0 Å². The van der Waals surface area contributed by atoms with Crippen LogP contribution in [0.2, 0.25) is 0 Å². The van der Waals surface area contributed by atoms with Gasteiger partial charge in [-0.15, -0.1) is 0 Å². The summed E-state index contributed by atoms with van der Waals surface area (Å²) in [5.41, 5.74) is -1.02. The zero-order valence-corrected chi connectivity index (χ0v) is 10.2. The Morgan fingerprint density at radius 3 is 1.94 bits per heavy atom. The highest BCUT2D eigenvalue weighted by Gasteiger charge is 2.38. The van der Waals surface area contributed by atoms with Crippen LogP contribution in [0.25, 0.3) is 0 Å². The van der Waals surface area contributed by atoms with Crippen molar-refractivity contribution in [2.24, 2.45) is 0 Å². The van der Waals surface area contributed by atoms with Gasteiger partial charge in [-0.25, -0.2) is 4.39 Å². The van der Waals surface area contributed by atoms with E-state index >= 15 is 0 Å². The predicted molar refractivity (Wildman–Crippen MR) is 58.4 cm³/mol. The molecule has 0 unspecified atom stereocenters. The highest BCUT2D eigenvalue weighted by molar-refractivity contribution is 5.41. The van der Waals surface area contributed by atoms with E-state index in [1.54, 1.807) is 27.7 Å². The third-order valence-corrected chi connectivity index (χ3v) is 2.63. The van der Waals surface area contributed by atoms with E-state index in [1.165, 1.54) is 0 Å². The van der Waals surface area contributed by atoms with E-state index in [9.17, 15) is 17.6 Å². The summed E-state index contributed by atoms with van der Waals surface area (Å²) in [5, 5.41) is 0. The standard InChI is InChI=1S/C13H15F4/c1-7(2)9-5-6-10(14)11(8(3)4)12(9)13(15,16)17/h5,7-8H,1-4H3. The van der Waals surface area contributed by atoms with Crippen molar-refractivity contribution in [3.63, 3.8) is 0 Å². The molecule has 1 rings (SSSR count). The van der Waals surface area contributed by atoms with Crippen molar-refractivity contribution in [2.45, 2.75) is 45.7 Å². The summed E-state index contributed by atoms with van der Waals surface area (Å²) in [6.45, 7) is 6.40. The minimum atomic E-state index is -4.53. The van der Waals surface area contributed by atoms with Gasteiger partial charge in [0.15, 0.2) is 0 Å². The van der Waals surface area contributed by atoms with Crippen LogP contribution in [0.4, 0.5) is 17.6 Å². The van der Waals surface area contributed by atoms with E-state index in [2.05, 4.69) is 6.07 Å². The maximum absolute atomic E-state index is 13.5. The van der Waals surface area contributed by atoms with E-state index < -0.39 is 23.5 Å². The molecule has 0 bridgehead atoms. The fourth-order valence-electron chi connectivity index (χ4n) is 1.87. The lowest BCUT2D eigenvalue weighted by atomic mass is 9.88. The van der Waals surface area contributed by atoms with Gasteiger partial charge in [0, 0.05) is 11.6 Å². The molecule has 1 radical (unpaired) electrons. The van der Waals surface area contributed by atoms with Gasteiger partial charge in [-0.3, -0.25) is 0 Å². The number of hydrogen-bond acceptors (Lipinski definition) is 0. The zero-order valence-electron chi connectivity index (χ0n) is 10.2. The molecule has 0 aliphatic heterocycles. The van der Waals surface area contributed by atoms with E-state index in [0.29, 0.717) is 0 Å². The number of halogens is 4. The highest BCUT2D eigenvalue weighted by atomic mass is 19.4. The van der Waals surface area contributed by atoms with Crippen LogP contribution in [0, 0.1) is 11.9 Å². The summed E-state index contributed by atoms with van der Waals surface area (Å²) < 4.78 is 52.6. The first-order valence-electron chi connectivity index (χ1n) is 5.47. The quantitative estimate of drug-likeness (QED) is 0.652. The van der Waals surface area contributed by atoms with E-state index in [0.717, 1.165) is 6.07 Å².